The molecule has 0 spiro atoms. The lowest BCUT2D eigenvalue weighted by Gasteiger charge is -2.33. The van der Waals surface area contributed by atoms with Gasteiger partial charge in [-0.1, -0.05) is 13.3 Å². The Bertz CT molecular complexity index is 191. The zero-order valence-electron chi connectivity index (χ0n) is 9.79. The molecule has 1 heterocycles. The summed E-state index contributed by atoms with van der Waals surface area (Å²) in [7, 11) is 1.71. The second kappa shape index (κ2) is 7.01. The minimum absolute atomic E-state index is 0.714. The van der Waals surface area contributed by atoms with Gasteiger partial charge in [-0.05, 0) is 31.0 Å². The third-order valence-corrected chi connectivity index (χ3v) is 3.46. The topological polar surface area (TPSA) is 24.5 Å². The van der Waals surface area contributed by atoms with Crippen LogP contribution in [0.25, 0.3) is 0 Å². The van der Waals surface area contributed by atoms with E-state index in [0.717, 1.165) is 30.7 Å². The van der Waals surface area contributed by atoms with Crippen molar-refractivity contribution in [2.45, 2.75) is 26.2 Å². The van der Waals surface area contributed by atoms with Crippen LogP contribution in [0.5, 0.6) is 0 Å². The maximum Gasteiger partial charge on any atom is 0.169 e. The zero-order valence-corrected chi connectivity index (χ0v) is 10.6. The average Bonchev–Trinajstić information content (AvgIpc) is 2.29. The molecule has 4 heteroatoms. The molecule has 0 amide bonds. The minimum atomic E-state index is 0.714. The lowest BCUT2D eigenvalue weighted by molar-refractivity contribution is 0.201. The molecule has 15 heavy (non-hydrogen) atoms. The van der Waals surface area contributed by atoms with Crippen LogP contribution in [0.4, 0.5) is 0 Å². The Morgan fingerprint density at radius 1 is 1.47 bits per heavy atom. The average molecular weight is 230 g/mol. The largest absolute Gasteiger partial charge is 0.383 e. The van der Waals surface area contributed by atoms with Crippen molar-refractivity contribution in [1.82, 2.24) is 10.2 Å². The van der Waals surface area contributed by atoms with E-state index in [1.165, 1.54) is 19.3 Å². The van der Waals surface area contributed by atoms with E-state index in [9.17, 15) is 0 Å². The monoisotopic (exact) mass is 230 g/mol. The van der Waals surface area contributed by atoms with E-state index < -0.39 is 0 Å². The van der Waals surface area contributed by atoms with Crippen molar-refractivity contribution in [2.75, 3.05) is 33.4 Å². The number of piperidine rings is 1. The van der Waals surface area contributed by atoms with E-state index in [2.05, 4.69) is 17.1 Å². The first kappa shape index (κ1) is 12.7. The Morgan fingerprint density at radius 3 is 2.67 bits per heavy atom. The Labute approximate surface area is 98.2 Å². The minimum Gasteiger partial charge on any atom is -0.383 e. The second-order valence-electron chi connectivity index (χ2n) is 4.06. The fourth-order valence-corrected chi connectivity index (χ4v) is 2.20. The fourth-order valence-electron chi connectivity index (χ4n) is 1.92. The molecule has 88 valence electrons. The van der Waals surface area contributed by atoms with Crippen molar-refractivity contribution in [2.24, 2.45) is 5.92 Å². The smallest absolute Gasteiger partial charge is 0.169 e. The van der Waals surface area contributed by atoms with Gasteiger partial charge in [0.1, 0.15) is 0 Å². The standard InChI is InChI=1S/C11H22N2OS/c1-3-10-4-7-13(8-5-10)11(15)12-6-9-14-2/h10H,3-9H2,1-2H3,(H,12,15). The van der Waals surface area contributed by atoms with E-state index in [4.69, 9.17) is 17.0 Å². The van der Waals surface area contributed by atoms with Crippen LogP contribution in [-0.4, -0.2) is 43.4 Å². The predicted molar refractivity (Wildman–Crippen MR) is 67.1 cm³/mol. The zero-order chi connectivity index (χ0) is 11.1. The van der Waals surface area contributed by atoms with Gasteiger partial charge in [-0.25, -0.2) is 0 Å². The normalized spacial score (nSPS) is 17.9. The summed E-state index contributed by atoms with van der Waals surface area (Å²) in [5, 5.41) is 4.11. The number of hydrogen-bond acceptors (Lipinski definition) is 2. The number of rotatable bonds is 4. The molecule has 0 saturated carbocycles. The maximum atomic E-state index is 5.32. The van der Waals surface area contributed by atoms with E-state index in [1.807, 2.05) is 0 Å². The third-order valence-electron chi connectivity index (χ3n) is 3.06. The van der Waals surface area contributed by atoms with E-state index in [0.29, 0.717) is 6.61 Å². The summed E-state index contributed by atoms with van der Waals surface area (Å²) in [6, 6.07) is 0. The van der Waals surface area contributed by atoms with Crippen LogP contribution < -0.4 is 5.32 Å². The highest BCUT2D eigenvalue weighted by Gasteiger charge is 2.18. The van der Waals surface area contributed by atoms with Crippen LogP contribution in [0.3, 0.4) is 0 Å². The Kier molecular flexibility index (Phi) is 5.95. The Balaban J connectivity index is 2.18. The molecule has 1 aliphatic rings. The number of hydrogen-bond donors (Lipinski definition) is 1. The summed E-state index contributed by atoms with van der Waals surface area (Å²) in [6.45, 7) is 6.01. The molecule has 3 nitrogen and oxygen atoms in total. The lowest BCUT2D eigenvalue weighted by atomic mass is 9.95. The molecule has 0 aromatic rings. The van der Waals surface area contributed by atoms with Crippen LogP contribution in [-0.2, 0) is 4.74 Å². The van der Waals surface area contributed by atoms with Crippen LogP contribution in [0, 0.1) is 5.92 Å². The molecule has 0 aromatic heterocycles. The third kappa shape index (κ3) is 4.34. The number of methoxy groups -OCH3 is 1. The van der Waals surface area contributed by atoms with Gasteiger partial charge in [-0.3, -0.25) is 0 Å². The molecule has 0 bridgehead atoms. The molecule has 0 atom stereocenters. The van der Waals surface area contributed by atoms with E-state index in [-0.39, 0.29) is 0 Å². The first-order chi connectivity index (χ1) is 7.27. The molecular weight excluding hydrogens is 208 g/mol. The van der Waals surface area contributed by atoms with Crippen LogP contribution in [0.2, 0.25) is 0 Å². The van der Waals surface area contributed by atoms with Gasteiger partial charge in [-0.2, -0.15) is 0 Å². The Hall–Kier alpha value is -0.350. The number of thiocarbonyl (C=S) groups is 1. The van der Waals surface area contributed by atoms with Gasteiger partial charge in [0.25, 0.3) is 0 Å². The molecule has 0 radical (unpaired) electrons. The first-order valence-corrected chi connectivity index (χ1v) is 6.20. The summed E-state index contributed by atoms with van der Waals surface area (Å²) >= 11 is 5.32. The van der Waals surface area contributed by atoms with Crippen molar-refractivity contribution in [3.05, 3.63) is 0 Å². The van der Waals surface area contributed by atoms with Gasteiger partial charge in [0.2, 0.25) is 0 Å². The van der Waals surface area contributed by atoms with Gasteiger partial charge in [0.15, 0.2) is 5.11 Å². The quantitative estimate of drug-likeness (QED) is 0.586. The Morgan fingerprint density at radius 2 is 2.13 bits per heavy atom. The van der Waals surface area contributed by atoms with Crippen molar-refractivity contribution in [3.63, 3.8) is 0 Å². The van der Waals surface area contributed by atoms with Gasteiger partial charge in [-0.15, -0.1) is 0 Å². The van der Waals surface area contributed by atoms with Crippen molar-refractivity contribution in [1.29, 1.82) is 0 Å². The molecule has 1 saturated heterocycles. The molecule has 1 rings (SSSR count). The predicted octanol–water partition coefficient (Wildman–Crippen LogP) is 1.63. The van der Waals surface area contributed by atoms with Gasteiger partial charge >= 0.3 is 0 Å². The number of likely N-dealkylation sites (tertiary alicyclic amines) is 1. The molecular formula is C11H22N2OS. The molecule has 1 fully saturated rings. The molecule has 0 aliphatic carbocycles. The number of nitrogens with one attached hydrogen (secondary N) is 1. The second-order valence-corrected chi connectivity index (χ2v) is 4.45. The summed E-state index contributed by atoms with van der Waals surface area (Å²) in [4.78, 5) is 2.27. The van der Waals surface area contributed by atoms with Gasteiger partial charge in [0, 0.05) is 26.7 Å². The maximum absolute atomic E-state index is 5.32. The molecule has 0 aromatic carbocycles. The van der Waals surface area contributed by atoms with Gasteiger partial charge < -0.3 is 15.0 Å². The van der Waals surface area contributed by atoms with E-state index >= 15 is 0 Å². The van der Waals surface area contributed by atoms with Gasteiger partial charge in [0.05, 0.1) is 6.61 Å². The SMILES string of the molecule is CCC1CCN(C(=S)NCCOC)CC1. The number of ether oxygens (including phenoxy) is 1. The van der Waals surface area contributed by atoms with E-state index in [1.54, 1.807) is 7.11 Å². The first-order valence-electron chi connectivity index (χ1n) is 5.79. The summed E-state index contributed by atoms with van der Waals surface area (Å²) in [5.74, 6) is 0.906. The number of nitrogens with zero attached hydrogens (tertiary/aromatic N) is 1. The van der Waals surface area contributed by atoms with Crippen LogP contribution in [0.15, 0.2) is 0 Å². The lowest BCUT2D eigenvalue weighted by Crippen LogP contribution is -2.45. The highest BCUT2D eigenvalue weighted by Crippen LogP contribution is 2.19. The van der Waals surface area contributed by atoms with Crippen molar-refractivity contribution >= 4 is 17.3 Å². The summed E-state index contributed by atoms with van der Waals surface area (Å²) in [5.41, 5.74) is 0. The van der Waals surface area contributed by atoms with Crippen molar-refractivity contribution < 1.29 is 4.74 Å². The molecule has 1 N–H and O–H groups in total. The summed E-state index contributed by atoms with van der Waals surface area (Å²) < 4.78 is 4.97. The summed E-state index contributed by atoms with van der Waals surface area (Å²) in [6.07, 6.45) is 3.86. The van der Waals surface area contributed by atoms with Crippen molar-refractivity contribution in [3.8, 4) is 0 Å². The van der Waals surface area contributed by atoms with Crippen LogP contribution >= 0.6 is 12.2 Å². The van der Waals surface area contributed by atoms with Crippen LogP contribution in [0.1, 0.15) is 26.2 Å². The highest BCUT2D eigenvalue weighted by atomic mass is 32.1. The molecule has 0 unspecified atom stereocenters. The fraction of sp³-hybridized carbons (Fsp3) is 0.909. The highest BCUT2D eigenvalue weighted by molar-refractivity contribution is 7.80. The molecule has 1 aliphatic heterocycles.